The van der Waals surface area contributed by atoms with Crippen LogP contribution < -0.4 is 0 Å². The molecule has 0 radical (unpaired) electrons. The van der Waals surface area contributed by atoms with Crippen molar-refractivity contribution in [3.8, 4) is 0 Å². The first-order valence-corrected chi connectivity index (χ1v) is 40.2. The van der Waals surface area contributed by atoms with E-state index >= 15 is 0 Å². The van der Waals surface area contributed by atoms with Gasteiger partial charge in [-0.05, 0) is 49.4 Å². The van der Waals surface area contributed by atoms with Gasteiger partial charge in [-0.3, -0.25) is 37.3 Å². The highest BCUT2D eigenvalue weighted by Gasteiger charge is 2.30. The molecule has 0 heterocycles. The van der Waals surface area contributed by atoms with E-state index in [9.17, 15) is 43.2 Å². The zero-order valence-corrected chi connectivity index (χ0v) is 61.3. The Morgan fingerprint density at radius 3 is 0.681 bits per heavy atom. The lowest BCUT2D eigenvalue weighted by Crippen LogP contribution is -2.30. The number of hydrogen-bond donors (Lipinski definition) is 3. The first-order chi connectivity index (χ1) is 43.6. The summed E-state index contributed by atoms with van der Waals surface area (Å²) in [5.74, 6) is 0.836. The second kappa shape index (κ2) is 61.6. The molecule has 5 atom stereocenters. The normalized spacial score (nSPS) is 14.2. The highest BCUT2D eigenvalue weighted by molar-refractivity contribution is 7.47. The number of aliphatic hydroxyl groups is 1. The number of phosphoric acid groups is 2. The fraction of sp³-hybridized carbons (Fsp3) is 0.944. The number of unbranched alkanes of at least 4 members (excludes halogenated alkanes) is 35. The minimum Gasteiger partial charge on any atom is -0.462 e. The van der Waals surface area contributed by atoms with E-state index in [4.69, 9.17) is 37.0 Å². The molecule has 2 unspecified atom stereocenters. The molecule has 0 saturated heterocycles. The topological polar surface area (TPSA) is 237 Å². The van der Waals surface area contributed by atoms with Crippen LogP contribution >= 0.6 is 15.6 Å². The third-order valence-corrected chi connectivity index (χ3v) is 18.5. The summed E-state index contributed by atoms with van der Waals surface area (Å²) < 4.78 is 68.3. The zero-order chi connectivity index (χ0) is 67.5. The summed E-state index contributed by atoms with van der Waals surface area (Å²) in [6.07, 6.45) is 44.6. The molecule has 0 amide bonds. The Morgan fingerprint density at radius 1 is 0.275 bits per heavy atom. The molecule has 17 nitrogen and oxygen atoms in total. The maximum Gasteiger partial charge on any atom is 0.472 e. The molecule has 0 rings (SSSR count). The summed E-state index contributed by atoms with van der Waals surface area (Å²) in [6.45, 7) is 14.1. The monoisotopic (exact) mass is 1340 g/mol. The van der Waals surface area contributed by atoms with Crippen LogP contribution in [0.4, 0.5) is 0 Å². The lowest BCUT2D eigenvalue weighted by atomic mass is 10.0. The van der Waals surface area contributed by atoms with Crippen molar-refractivity contribution in [3.05, 3.63) is 0 Å². The van der Waals surface area contributed by atoms with E-state index < -0.39 is 97.5 Å². The maximum absolute atomic E-state index is 13.0. The van der Waals surface area contributed by atoms with Gasteiger partial charge in [0.25, 0.3) is 0 Å². The molecule has 0 aromatic carbocycles. The lowest BCUT2D eigenvalue weighted by molar-refractivity contribution is -0.161. The van der Waals surface area contributed by atoms with E-state index in [1.54, 1.807) is 0 Å². The van der Waals surface area contributed by atoms with Gasteiger partial charge in [-0.1, -0.05) is 306 Å². The average molecular weight is 1340 g/mol. The van der Waals surface area contributed by atoms with E-state index in [1.807, 2.05) is 0 Å². The average Bonchev–Trinajstić information content (AvgIpc) is 3.41. The minimum atomic E-state index is -4.95. The van der Waals surface area contributed by atoms with Gasteiger partial charge in [0.1, 0.15) is 19.3 Å². The molecule has 3 N–H and O–H groups in total. The molecule has 0 fully saturated rings. The van der Waals surface area contributed by atoms with Crippen molar-refractivity contribution >= 4 is 39.5 Å². The lowest BCUT2D eigenvalue weighted by Gasteiger charge is -2.21. The van der Waals surface area contributed by atoms with Crippen LogP contribution in [-0.2, 0) is 65.4 Å². The molecule has 0 aromatic heterocycles. The second-order valence-corrected chi connectivity index (χ2v) is 30.8. The van der Waals surface area contributed by atoms with Crippen molar-refractivity contribution in [1.82, 2.24) is 0 Å². The molecule has 0 spiro atoms. The van der Waals surface area contributed by atoms with Crippen LogP contribution in [0, 0.1) is 23.7 Å². The van der Waals surface area contributed by atoms with Crippen LogP contribution in [-0.4, -0.2) is 96.7 Å². The van der Waals surface area contributed by atoms with Gasteiger partial charge in [-0.25, -0.2) is 9.13 Å². The predicted octanol–water partition coefficient (Wildman–Crippen LogP) is 20.5. The number of phosphoric ester groups is 2. The first kappa shape index (κ1) is 89.1. The summed E-state index contributed by atoms with van der Waals surface area (Å²) in [7, 11) is -9.90. The van der Waals surface area contributed by atoms with Crippen molar-refractivity contribution in [2.75, 3.05) is 39.6 Å². The Kier molecular flexibility index (Phi) is 60.3. The van der Waals surface area contributed by atoms with Crippen LogP contribution in [0.5, 0.6) is 0 Å². The fourth-order valence-electron chi connectivity index (χ4n) is 10.8. The number of esters is 4. The zero-order valence-electron chi connectivity index (χ0n) is 59.5. The van der Waals surface area contributed by atoms with Gasteiger partial charge in [0.2, 0.25) is 0 Å². The largest absolute Gasteiger partial charge is 0.472 e. The Bertz CT molecular complexity index is 1800. The van der Waals surface area contributed by atoms with Crippen LogP contribution in [0.25, 0.3) is 0 Å². The summed E-state index contributed by atoms with van der Waals surface area (Å²) in [5.41, 5.74) is 0. The van der Waals surface area contributed by atoms with Gasteiger partial charge < -0.3 is 33.8 Å². The molecular weight excluding hydrogens is 1200 g/mol. The Labute approximate surface area is 556 Å². The quantitative estimate of drug-likeness (QED) is 0.0222. The molecule has 91 heavy (non-hydrogen) atoms. The van der Waals surface area contributed by atoms with Crippen molar-refractivity contribution in [2.45, 2.75) is 375 Å². The summed E-state index contributed by atoms with van der Waals surface area (Å²) in [4.78, 5) is 72.6. The van der Waals surface area contributed by atoms with E-state index in [2.05, 4.69) is 55.4 Å². The van der Waals surface area contributed by atoms with E-state index in [1.165, 1.54) is 154 Å². The SMILES string of the molecule is CC(C)CCCCCCCCCCCCCCCC(=O)OC[C@H](COP(=O)(O)OC[C@@H](O)COP(=O)(O)OC[C@@H](COC(=O)CCCCCCCCC(C)C)OC(=O)CCCCCCCCCCC(C)C)OC(=O)CCCCCCCCCCCCCCC(C)C. The van der Waals surface area contributed by atoms with Crippen LogP contribution in [0.15, 0.2) is 0 Å². The molecule has 0 aliphatic rings. The molecule has 0 aliphatic heterocycles. The van der Waals surface area contributed by atoms with E-state index in [-0.39, 0.29) is 25.7 Å². The maximum atomic E-state index is 13.0. The molecule has 540 valence electrons. The molecule has 19 heteroatoms. The number of hydrogen-bond acceptors (Lipinski definition) is 15. The van der Waals surface area contributed by atoms with Crippen LogP contribution in [0.1, 0.15) is 357 Å². The predicted molar refractivity (Wildman–Crippen MR) is 367 cm³/mol. The molecular formula is C72H140O17P2. The number of carbonyl (C=O) groups is 4. The molecule has 0 aromatic rings. The Morgan fingerprint density at radius 2 is 0.462 bits per heavy atom. The standard InChI is InChI=1S/C72H140O17P2/c1-62(2)48-40-32-24-18-14-10-9-11-16-20-27-36-44-52-69(74)82-58-67(88-71(76)54-46-38-28-21-17-13-12-15-19-25-33-41-49-63(3)4)60-86-90(78,79)84-56-66(73)57-85-91(80,81)87-61-68(59-83-70(75)53-45-37-31-30-35-43-51-65(7)8)89-72(77)55-47-39-29-23-22-26-34-42-50-64(5)6/h62-68,73H,9-61H2,1-8H3,(H,78,79)(H,80,81)/t66-,67-,68-/m1/s1. The Balaban J connectivity index is 5.24. The first-order valence-electron chi connectivity index (χ1n) is 37.2. The minimum absolute atomic E-state index is 0.103. The van der Waals surface area contributed by atoms with E-state index in [0.717, 1.165) is 114 Å². The molecule has 0 aliphatic carbocycles. The fourth-order valence-corrected chi connectivity index (χ4v) is 12.4. The van der Waals surface area contributed by atoms with Crippen molar-refractivity contribution in [1.29, 1.82) is 0 Å². The number of rotatable bonds is 69. The summed E-state index contributed by atoms with van der Waals surface area (Å²) >= 11 is 0. The van der Waals surface area contributed by atoms with Gasteiger partial charge in [0, 0.05) is 25.7 Å². The highest BCUT2D eigenvalue weighted by atomic mass is 31.2. The molecule has 0 saturated carbocycles. The third kappa shape index (κ3) is 66.5. The highest BCUT2D eigenvalue weighted by Crippen LogP contribution is 2.45. The van der Waals surface area contributed by atoms with Crippen molar-refractivity contribution in [2.24, 2.45) is 23.7 Å². The Hall–Kier alpha value is -1.94. The van der Waals surface area contributed by atoms with Gasteiger partial charge >= 0.3 is 39.5 Å². The van der Waals surface area contributed by atoms with Crippen molar-refractivity contribution in [3.63, 3.8) is 0 Å². The van der Waals surface area contributed by atoms with Crippen LogP contribution in [0.2, 0.25) is 0 Å². The summed E-state index contributed by atoms with van der Waals surface area (Å²) in [6, 6.07) is 0. The van der Waals surface area contributed by atoms with Gasteiger partial charge in [-0.2, -0.15) is 0 Å². The number of carbonyl (C=O) groups excluding carboxylic acids is 4. The molecule has 0 bridgehead atoms. The summed E-state index contributed by atoms with van der Waals surface area (Å²) in [5, 5.41) is 10.6. The van der Waals surface area contributed by atoms with Crippen molar-refractivity contribution < 1.29 is 80.2 Å². The van der Waals surface area contributed by atoms with Gasteiger partial charge in [-0.15, -0.1) is 0 Å². The third-order valence-electron chi connectivity index (χ3n) is 16.6. The smallest absolute Gasteiger partial charge is 0.462 e. The van der Waals surface area contributed by atoms with Gasteiger partial charge in [0.05, 0.1) is 26.4 Å². The number of ether oxygens (including phenoxy) is 4. The second-order valence-electron chi connectivity index (χ2n) is 27.9. The van der Waals surface area contributed by atoms with E-state index in [0.29, 0.717) is 31.6 Å². The number of aliphatic hydroxyl groups excluding tert-OH is 1. The van der Waals surface area contributed by atoms with Gasteiger partial charge in [0.15, 0.2) is 12.2 Å². The van der Waals surface area contributed by atoms with Crippen LogP contribution in [0.3, 0.4) is 0 Å².